The number of benzene rings is 2. The van der Waals surface area contributed by atoms with Crippen molar-refractivity contribution in [2.45, 2.75) is 27.2 Å². The van der Waals surface area contributed by atoms with Crippen molar-refractivity contribution in [2.75, 3.05) is 18.0 Å². The van der Waals surface area contributed by atoms with Gasteiger partial charge in [-0.2, -0.15) is 0 Å². The van der Waals surface area contributed by atoms with E-state index >= 15 is 0 Å². The van der Waals surface area contributed by atoms with E-state index in [4.69, 9.17) is 11.6 Å². The number of carbonyl (C=O) groups excluding carboxylic acids is 2. The molecule has 132 valence electrons. The van der Waals surface area contributed by atoms with Gasteiger partial charge in [0.15, 0.2) is 0 Å². The molecule has 0 aliphatic heterocycles. The average molecular weight is 359 g/mol. The highest BCUT2D eigenvalue weighted by Crippen LogP contribution is 2.23. The monoisotopic (exact) mass is 358 g/mol. The number of halogens is 1. The summed E-state index contributed by atoms with van der Waals surface area (Å²) in [4.78, 5) is 25.8. The van der Waals surface area contributed by atoms with Gasteiger partial charge in [-0.05, 0) is 48.7 Å². The summed E-state index contributed by atoms with van der Waals surface area (Å²) in [5, 5.41) is 3.52. The topological polar surface area (TPSA) is 49.4 Å². The number of hydrogen-bond donors (Lipinski definition) is 1. The fourth-order valence-electron chi connectivity index (χ4n) is 2.72. The third-order valence-electron chi connectivity index (χ3n) is 4.10. The quantitative estimate of drug-likeness (QED) is 0.856. The van der Waals surface area contributed by atoms with Gasteiger partial charge in [-0.25, -0.2) is 0 Å². The Balaban J connectivity index is 1.94. The molecule has 0 aliphatic carbocycles. The molecule has 1 N–H and O–H groups in total. The minimum Gasteiger partial charge on any atom is -0.354 e. The van der Waals surface area contributed by atoms with Crippen LogP contribution in [0.4, 0.5) is 5.69 Å². The second kappa shape index (κ2) is 8.67. The summed E-state index contributed by atoms with van der Waals surface area (Å²) in [6.45, 7) is 6.23. The van der Waals surface area contributed by atoms with Crippen LogP contribution in [0.1, 0.15) is 23.6 Å². The first-order valence-electron chi connectivity index (χ1n) is 8.24. The van der Waals surface area contributed by atoms with Gasteiger partial charge in [-0.15, -0.1) is 0 Å². The highest BCUT2D eigenvalue weighted by molar-refractivity contribution is 6.30. The summed E-state index contributed by atoms with van der Waals surface area (Å²) >= 11 is 5.98. The van der Waals surface area contributed by atoms with Crippen LogP contribution < -0.4 is 10.2 Å². The molecule has 0 atom stereocenters. The Hall–Kier alpha value is -2.33. The lowest BCUT2D eigenvalue weighted by Crippen LogP contribution is -2.38. The molecule has 0 heterocycles. The number of nitrogens with one attached hydrogen (secondary N) is 1. The number of hydrogen-bond acceptors (Lipinski definition) is 2. The summed E-state index contributed by atoms with van der Waals surface area (Å²) in [5.41, 5.74) is 3.84. The summed E-state index contributed by atoms with van der Waals surface area (Å²) in [5.74, 6) is -0.121. The van der Waals surface area contributed by atoms with Crippen LogP contribution in [0.15, 0.2) is 42.5 Å². The molecule has 4 nitrogen and oxygen atoms in total. The van der Waals surface area contributed by atoms with Crippen LogP contribution in [0.25, 0.3) is 0 Å². The van der Waals surface area contributed by atoms with Gasteiger partial charge in [-0.1, -0.05) is 35.9 Å². The molecule has 0 saturated heterocycles. The lowest BCUT2D eigenvalue weighted by Gasteiger charge is -2.23. The van der Waals surface area contributed by atoms with Crippen LogP contribution in [-0.4, -0.2) is 24.9 Å². The third-order valence-corrected chi connectivity index (χ3v) is 4.33. The van der Waals surface area contributed by atoms with Crippen LogP contribution >= 0.6 is 11.6 Å². The lowest BCUT2D eigenvalue weighted by atomic mass is 10.1. The molecular formula is C20H23ClN2O2. The molecule has 2 rings (SSSR count). The molecule has 0 aliphatic rings. The molecule has 25 heavy (non-hydrogen) atoms. The number of anilines is 1. The zero-order valence-electron chi connectivity index (χ0n) is 14.8. The number of carbonyl (C=O) groups is 2. The number of nitrogens with zero attached hydrogens (tertiary/aromatic N) is 1. The molecule has 0 fully saturated rings. The molecule has 2 aromatic rings. The minimum absolute atomic E-state index is 0.0503. The van der Waals surface area contributed by atoms with Gasteiger partial charge in [0.25, 0.3) is 0 Å². The highest BCUT2D eigenvalue weighted by atomic mass is 35.5. The van der Waals surface area contributed by atoms with Crippen molar-refractivity contribution in [1.29, 1.82) is 0 Å². The molecular weight excluding hydrogens is 336 g/mol. The van der Waals surface area contributed by atoms with Crippen LogP contribution in [0.3, 0.4) is 0 Å². The Kier molecular flexibility index (Phi) is 6.59. The molecule has 2 aromatic carbocycles. The number of amides is 2. The van der Waals surface area contributed by atoms with E-state index in [2.05, 4.69) is 5.32 Å². The molecule has 0 radical (unpaired) electrons. The molecule has 0 bridgehead atoms. The van der Waals surface area contributed by atoms with Crippen LogP contribution in [-0.2, 0) is 16.0 Å². The maximum atomic E-state index is 12.1. The molecule has 2 amide bonds. The van der Waals surface area contributed by atoms with E-state index in [1.807, 2.05) is 50.2 Å². The van der Waals surface area contributed by atoms with E-state index < -0.39 is 0 Å². The molecule has 5 heteroatoms. The van der Waals surface area contributed by atoms with Crippen LogP contribution in [0.5, 0.6) is 0 Å². The average Bonchev–Trinajstić information content (AvgIpc) is 2.54. The van der Waals surface area contributed by atoms with Gasteiger partial charge in [0.1, 0.15) is 0 Å². The largest absolute Gasteiger partial charge is 0.354 e. The summed E-state index contributed by atoms with van der Waals surface area (Å²) in [7, 11) is 0. The van der Waals surface area contributed by atoms with Crippen molar-refractivity contribution in [1.82, 2.24) is 5.32 Å². The van der Waals surface area contributed by atoms with Crippen molar-refractivity contribution in [3.63, 3.8) is 0 Å². The second-order valence-electron chi connectivity index (χ2n) is 6.05. The summed E-state index contributed by atoms with van der Waals surface area (Å²) in [6.07, 6.45) is 0.340. The van der Waals surface area contributed by atoms with Gasteiger partial charge in [-0.3, -0.25) is 9.59 Å². The van der Waals surface area contributed by atoms with Gasteiger partial charge >= 0.3 is 0 Å². The van der Waals surface area contributed by atoms with Crippen molar-refractivity contribution < 1.29 is 9.59 Å². The van der Waals surface area contributed by atoms with E-state index in [0.717, 1.165) is 22.4 Å². The lowest BCUT2D eigenvalue weighted by molar-refractivity contribution is -0.121. The predicted molar refractivity (Wildman–Crippen MR) is 102 cm³/mol. The molecule has 0 aromatic heterocycles. The van der Waals surface area contributed by atoms with E-state index in [9.17, 15) is 9.59 Å². The van der Waals surface area contributed by atoms with E-state index in [1.165, 1.54) is 6.92 Å². The SMILES string of the molecule is CC(=O)N(CCNC(=O)Cc1ccccc1C)c1ccc(Cl)cc1C. The van der Waals surface area contributed by atoms with Crippen molar-refractivity contribution in [2.24, 2.45) is 0 Å². The Morgan fingerprint density at radius 3 is 2.44 bits per heavy atom. The first-order valence-corrected chi connectivity index (χ1v) is 8.61. The fourth-order valence-corrected chi connectivity index (χ4v) is 2.95. The van der Waals surface area contributed by atoms with E-state index in [-0.39, 0.29) is 11.8 Å². The van der Waals surface area contributed by atoms with Gasteiger partial charge in [0.05, 0.1) is 6.42 Å². The summed E-state index contributed by atoms with van der Waals surface area (Å²) < 4.78 is 0. The first kappa shape index (κ1) is 19.0. The van der Waals surface area contributed by atoms with Gasteiger partial charge < -0.3 is 10.2 Å². The maximum Gasteiger partial charge on any atom is 0.224 e. The van der Waals surface area contributed by atoms with Crippen molar-refractivity contribution >= 4 is 29.1 Å². The van der Waals surface area contributed by atoms with Crippen molar-refractivity contribution in [3.05, 3.63) is 64.2 Å². The van der Waals surface area contributed by atoms with Crippen molar-refractivity contribution in [3.8, 4) is 0 Å². The van der Waals surface area contributed by atoms with Gasteiger partial charge in [0, 0.05) is 30.7 Å². The Morgan fingerprint density at radius 2 is 1.80 bits per heavy atom. The summed E-state index contributed by atoms with van der Waals surface area (Å²) in [6, 6.07) is 13.2. The maximum absolute atomic E-state index is 12.1. The highest BCUT2D eigenvalue weighted by Gasteiger charge is 2.14. The molecule has 0 unspecified atom stereocenters. The van der Waals surface area contributed by atoms with Crippen LogP contribution in [0.2, 0.25) is 5.02 Å². The zero-order valence-corrected chi connectivity index (χ0v) is 15.6. The fraction of sp³-hybridized carbons (Fsp3) is 0.300. The second-order valence-corrected chi connectivity index (χ2v) is 6.49. The Morgan fingerprint density at radius 1 is 1.08 bits per heavy atom. The van der Waals surface area contributed by atoms with E-state index in [0.29, 0.717) is 24.5 Å². The predicted octanol–water partition coefficient (Wildman–Crippen LogP) is 3.67. The van der Waals surface area contributed by atoms with Crippen LogP contribution in [0, 0.1) is 13.8 Å². The molecule has 0 spiro atoms. The van der Waals surface area contributed by atoms with E-state index in [1.54, 1.807) is 11.0 Å². The zero-order chi connectivity index (χ0) is 18.4. The third kappa shape index (κ3) is 5.33. The first-order chi connectivity index (χ1) is 11.9. The smallest absolute Gasteiger partial charge is 0.224 e. The standard InChI is InChI=1S/C20H23ClN2O2/c1-14-6-4-5-7-17(14)13-20(25)22-10-11-23(16(3)24)19-9-8-18(21)12-15(19)2/h4-9,12H,10-11,13H2,1-3H3,(H,22,25). The Bertz CT molecular complexity index is 774. The Labute approximate surface area is 153 Å². The van der Waals surface area contributed by atoms with Gasteiger partial charge in [0.2, 0.25) is 11.8 Å². The molecule has 0 saturated carbocycles. The number of rotatable bonds is 6. The normalized spacial score (nSPS) is 10.4. The number of aryl methyl sites for hydroxylation is 2. The minimum atomic E-state index is -0.0708.